The Morgan fingerprint density at radius 1 is 1.50 bits per heavy atom. The van der Waals surface area contributed by atoms with E-state index in [9.17, 15) is 0 Å². The molecule has 1 unspecified atom stereocenters. The third-order valence-corrected chi connectivity index (χ3v) is 3.15. The van der Waals surface area contributed by atoms with Crippen molar-refractivity contribution < 1.29 is 4.74 Å². The summed E-state index contributed by atoms with van der Waals surface area (Å²) in [4.78, 5) is 2.44. The summed E-state index contributed by atoms with van der Waals surface area (Å²) >= 11 is 0. The van der Waals surface area contributed by atoms with Crippen molar-refractivity contribution in [2.45, 2.75) is 25.5 Å². The van der Waals surface area contributed by atoms with Crippen molar-refractivity contribution >= 4 is 5.69 Å². The molecule has 3 nitrogen and oxygen atoms in total. The predicted molar refractivity (Wildman–Crippen MR) is 66.2 cm³/mol. The van der Waals surface area contributed by atoms with Gasteiger partial charge < -0.3 is 10.5 Å². The molecule has 0 radical (unpaired) electrons. The van der Waals surface area contributed by atoms with E-state index in [1.54, 1.807) is 7.11 Å². The van der Waals surface area contributed by atoms with E-state index in [1.165, 1.54) is 18.4 Å². The third kappa shape index (κ3) is 2.97. The molecule has 16 heavy (non-hydrogen) atoms. The van der Waals surface area contributed by atoms with Crippen LogP contribution in [0.25, 0.3) is 0 Å². The first kappa shape index (κ1) is 11.4. The molecule has 3 heteroatoms. The molecule has 2 N–H and O–H groups in total. The molecule has 0 saturated carbocycles. The Labute approximate surface area is 97.2 Å². The van der Waals surface area contributed by atoms with Crippen LogP contribution < -0.4 is 5.73 Å². The lowest BCUT2D eigenvalue weighted by Crippen LogP contribution is -2.38. The van der Waals surface area contributed by atoms with Crippen LogP contribution in [0.3, 0.4) is 0 Å². The van der Waals surface area contributed by atoms with Crippen LogP contribution in [0.15, 0.2) is 24.3 Å². The lowest BCUT2D eigenvalue weighted by molar-refractivity contribution is 0.0285. The standard InChI is InChI=1S/C13H20N2O/c1-16-13-6-3-7-15(10-13)9-11-4-2-5-12(14)8-11/h2,4-5,8,13H,3,6-7,9-10,14H2,1H3. The smallest absolute Gasteiger partial charge is 0.0698 e. The topological polar surface area (TPSA) is 38.5 Å². The largest absolute Gasteiger partial charge is 0.399 e. The minimum Gasteiger partial charge on any atom is -0.399 e. The summed E-state index contributed by atoms with van der Waals surface area (Å²) in [6, 6.07) is 8.13. The highest BCUT2D eigenvalue weighted by molar-refractivity contribution is 5.40. The Kier molecular flexibility index (Phi) is 3.80. The number of piperidine rings is 1. The molecule has 1 aromatic rings. The molecule has 1 fully saturated rings. The maximum atomic E-state index is 5.77. The maximum absolute atomic E-state index is 5.77. The van der Waals surface area contributed by atoms with E-state index >= 15 is 0 Å². The average molecular weight is 220 g/mol. The number of anilines is 1. The van der Waals surface area contributed by atoms with Crippen LogP contribution in [0, 0.1) is 0 Å². The number of nitrogens with zero attached hydrogens (tertiary/aromatic N) is 1. The molecular weight excluding hydrogens is 200 g/mol. The molecule has 0 aromatic heterocycles. The van der Waals surface area contributed by atoms with Gasteiger partial charge in [-0.25, -0.2) is 0 Å². The highest BCUT2D eigenvalue weighted by Crippen LogP contribution is 2.16. The summed E-state index contributed by atoms with van der Waals surface area (Å²) in [7, 11) is 1.80. The van der Waals surface area contributed by atoms with Gasteiger partial charge in [-0.2, -0.15) is 0 Å². The SMILES string of the molecule is COC1CCCN(Cc2cccc(N)c2)C1. The summed E-state index contributed by atoms with van der Waals surface area (Å²) in [5.74, 6) is 0. The highest BCUT2D eigenvalue weighted by atomic mass is 16.5. The first-order chi connectivity index (χ1) is 7.78. The lowest BCUT2D eigenvalue weighted by Gasteiger charge is -2.31. The number of hydrogen-bond donors (Lipinski definition) is 1. The summed E-state index contributed by atoms with van der Waals surface area (Å²) < 4.78 is 5.42. The molecule has 88 valence electrons. The van der Waals surface area contributed by atoms with Gasteiger partial charge in [0.25, 0.3) is 0 Å². The van der Waals surface area contributed by atoms with Gasteiger partial charge >= 0.3 is 0 Å². The van der Waals surface area contributed by atoms with Gasteiger partial charge in [0.05, 0.1) is 6.10 Å². The second-order valence-corrected chi connectivity index (χ2v) is 4.48. The molecule has 1 heterocycles. The molecule has 0 spiro atoms. The van der Waals surface area contributed by atoms with Gasteiger partial charge in [-0.05, 0) is 37.1 Å². The molecule has 1 atom stereocenters. The third-order valence-electron chi connectivity index (χ3n) is 3.15. The zero-order chi connectivity index (χ0) is 11.4. The van der Waals surface area contributed by atoms with Crippen molar-refractivity contribution in [3.63, 3.8) is 0 Å². The number of methoxy groups -OCH3 is 1. The lowest BCUT2D eigenvalue weighted by atomic mass is 10.1. The van der Waals surface area contributed by atoms with Crippen LogP contribution in [0.5, 0.6) is 0 Å². The average Bonchev–Trinajstić information content (AvgIpc) is 2.29. The van der Waals surface area contributed by atoms with Crippen LogP contribution in [0.4, 0.5) is 5.69 Å². The molecule has 0 aliphatic carbocycles. The van der Waals surface area contributed by atoms with E-state index < -0.39 is 0 Å². The van der Waals surface area contributed by atoms with E-state index in [-0.39, 0.29) is 0 Å². The Morgan fingerprint density at radius 3 is 3.12 bits per heavy atom. The summed E-state index contributed by atoms with van der Waals surface area (Å²) in [5.41, 5.74) is 7.91. The van der Waals surface area contributed by atoms with Crippen molar-refractivity contribution in [3.8, 4) is 0 Å². The summed E-state index contributed by atoms with van der Waals surface area (Å²) in [6.45, 7) is 3.17. The van der Waals surface area contributed by atoms with Crippen molar-refractivity contribution in [2.24, 2.45) is 0 Å². The van der Waals surface area contributed by atoms with E-state index in [1.807, 2.05) is 12.1 Å². The molecule has 1 aliphatic rings. The molecule has 1 saturated heterocycles. The Morgan fingerprint density at radius 2 is 2.38 bits per heavy atom. The van der Waals surface area contributed by atoms with Gasteiger partial charge in [0.1, 0.15) is 0 Å². The maximum Gasteiger partial charge on any atom is 0.0698 e. The zero-order valence-electron chi connectivity index (χ0n) is 9.86. The molecular formula is C13H20N2O. The summed E-state index contributed by atoms with van der Waals surface area (Å²) in [5, 5.41) is 0. The van der Waals surface area contributed by atoms with E-state index in [2.05, 4.69) is 17.0 Å². The van der Waals surface area contributed by atoms with E-state index in [0.717, 1.165) is 25.3 Å². The molecule has 2 rings (SSSR count). The second-order valence-electron chi connectivity index (χ2n) is 4.48. The van der Waals surface area contributed by atoms with E-state index in [0.29, 0.717) is 6.10 Å². The van der Waals surface area contributed by atoms with Gasteiger partial charge in [-0.15, -0.1) is 0 Å². The monoisotopic (exact) mass is 220 g/mol. The van der Waals surface area contributed by atoms with Crippen molar-refractivity contribution in [2.75, 3.05) is 25.9 Å². The van der Waals surface area contributed by atoms with Crippen molar-refractivity contribution in [1.29, 1.82) is 0 Å². The quantitative estimate of drug-likeness (QED) is 0.790. The second kappa shape index (κ2) is 5.32. The van der Waals surface area contributed by atoms with Crippen LogP contribution in [0.2, 0.25) is 0 Å². The Hall–Kier alpha value is -1.06. The van der Waals surface area contributed by atoms with Gasteiger partial charge in [0.2, 0.25) is 0 Å². The zero-order valence-corrected chi connectivity index (χ0v) is 9.86. The number of rotatable bonds is 3. The minimum atomic E-state index is 0.398. The highest BCUT2D eigenvalue weighted by Gasteiger charge is 2.19. The van der Waals surface area contributed by atoms with Crippen LogP contribution in [-0.4, -0.2) is 31.2 Å². The fraction of sp³-hybridized carbons (Fsp3) is 0.538. The molecule has 0 amide bonds. The van der Waals surface area contributed by atoms with E-state index in [4.69, 9.17) is 10.5 Å². The molecule has 0 bridgehead atoms. The number of ether oxygens (including phenoxy) is 1. The fourth-order valence-corrected chi connectivity index (χ4v) is 2.30. The van der Waals surface area contributed by atoms with Gasteiger partial charge in [0.15, 0.2) is 0 Å². The minimum absolute atomic E-state index is 0.398. The number of likely N-dealkylation sites (tertiary alicyclic amines) is 1. The van der Waals surface area contributed by atoms with Gasteiger partial charge in [-0.1, -0.05) is 12.1 Å². The Bertz CT molecular complexity index is 340. The number of nitrogen functional groups attached to an aromatic ring is 1. The Balaban J connectivity index is 1.94. The first-order valence-electron chi connectivity index (χ1n) is 5.87. The number of benzene rings is 1. The first-order valence-corrected chi connectivity index (χ1v) is 5.87. The van der Waals surface area contributed by atoms with Gasteiger partial charge in [-0.3, -0.25) is 4.90 Å². The predicted octanol–water partition coefficient (Wildman–Crippen LogP) is 1.88. The summed E-state index contributed by atoms with van der Waals surface area (Å²) in [6.07, 6.45) is 2.81. The van der Waals surface area contributed by atoms with Crippen LogP contribution in [-0.2, 0) is 11.3 Å². The van der Waals surface area contributed by atoms with Crippen molar-refractivity contribution in [1.82, 2.24) is 4.90 Å². The van der Waals surface area contributed by atoms with Crippen LogP contribution >= 0.6 is 0 Å². The van der Waals surface area contributed by atoms with Crippen LogP contribution in [0.1, 0.15) is 18.4 Å². The normalized spacial score (nSPS) is 22.2. The number of nitrogens with two attached hydrogens (primary N) is 1. The molecule has 1 aromatic carbocycles. The number of hydrogen-bond acceptors (Lipinski definition) is 3. The van der Waals surface area contributed by atoms with Gasteiger partial charge in [0, 0.05) is 25.9 Å². The fourth-order valence-electron chi connectivity index (χ4n) is 2.30. The van der Waals surface area contributed by atoms with Crippen molar-refractivity contribution in [3.05, 3.63) is 29.8 Å². The molecule has 1 aliphatic heterocycles.